The van der Waals surface area contributed by atoms with Gasteiger partial charge in [-0.15, -0.1) is 0 Å². The number of amides is 2. The highest BCUT2D eigenvalue weighted by Crippen LogP contribution is 2.31. The van der Waals surface area contributed by atoms with Crippen molar-refractivity contribution in [1.29, 1.82) is 0 Å². The highest BCUT2D eigenvalue weighted by Gasteiger charge is 2.26. The third-order valence-electron chi connectivity index (χ3n) is 5.57. The Morgan fingerprint density at radius 3 is 2.74 bits per heavy atom. The second-order valence-electron chi connectivity index (χ2n) is 7.71. The molecule has 164 valence electrons. The predicted molar refractivity (Wildman–Crippen MR) is 117 cm³/mol. The number of ether oxygens (including phenoxy) is 1. The normalized spacial score (nSPS) is 18.0. The minimum atomic E-state index is -3.92. The number of nitrogens with zero attached hydrogens (tertiary/aromatic N) is 1. The van der Waals surface area contributed by atoms with E-state index in [1.165, 1.54) is 13.0 Å². The van der Waals surface area contributed by atoms with E-state index >= 15 is 0 Å². The number of benzene rings is 2. The minimum Gasteiger partial charge on any atom is -0.376 e. The molecule has 2 aliphatic heterocycles. The van der Waals surface area contributed by atoms with Crippen molar-refractivity contribution in [3.05, 3.63) is 53.6 Å². The summed E-state index contributed by atoms with van der Waals surface area (Å²) in [6.45, 7) is 3.11. The van der Waals surface area contributed by atoms with Crippen LogP contribution in [0, 0.1) is 0 Å². The van der Waals surface area contributed by atoms with E-state index in [1.807, 2.05) is 0 Å². The van der Waals surface area contributed by atoms with Crippen molar-refractivity contribution < 1.29 is 22.7 Å². The van der Waals surface area contributed by atoms with Crippen LogP contribution in [0.4, 0.5) is 11.4 Å². The van der Waals surface area contributed by atoms with Crippen molar-refractivity contribution in [1.82, 2.24) is 5.32 Å². The maximum absolute atomic E-state index is 13.0. The predicted octanol–water partition coefficient (Wildman–Crippen LogP) is 2.31. The van der Waals surface area contributed by atoms with Crippen LogP contribution in [0.1, 0.15) is 35.7 Å². The fraction of sp³-hybridized carbons (Fsp3) is 0.364. The summed E-state index contributed by atoms with van der Waals surface area (Å²) in [6.07, 6.45) is 2.46. The number of carbonyl (C=O) groups excluding carboxylic acids is 2. The number of carbonyl (C=O) groups is 2. The Hall–Kier alpha value is -2.91. The molecular formula is C22H25N3O5S. The fourth-order valence-electron chi connectivity index (χ4n) is 3.95. The van der Waals surface area contributed by atoms with Crippen LogP contribution in [0.3, 0.4) is 0 Å². The number of fused-ring (bicyclic) bond motifs is 1. The molecule has 31 heavy (non-hydrogen) atoms. The topological polar surface area (TPSA) is 105 Å². The first-order chi connectivity index (χ1) is 14.8. The molecule has 0 spiro atoms. The maximum Gasteiger partial charge on any atom is 0.261 e. The van der Waals surface area contributed by atoms with Gasteiger partial charge in [0.05, 0.1) is 22.3 Å². The van der Waals surface area contributed by atoms with Gasteiger partial charge >= 0.3 is 0 Å². The number of anilines is 2. The smallest absolute Gasteiger partial charge is 0.261 e. The van der Waals surface area contributed by atoms with E-state index < -0.39 is 10.0 Å². The molecule has 0 bridgehead atoms. The Balaban J connectivity index is 1.52. The van der Waals surface area contributed by atoms with E-state index in [0.717, 1.165) is 24.1 Å². The summed E-state index contributed by atoms with van der Waals surface area (Å²) in [5.74, 6) is -0.435. The second-order valence-corrected chi connectivity index (χ2v) is 9.39. The average Bonchev–Trinajstić information content (AvgIpc) is 3.41. The van der Waals surface area contributed by atoms with E-state index in [1.54, 1.807) is 41.3 Å². The van der Waals surface area contributed by atoms with E-state index in [2.05, 4.69) is 10.0 Å². The molecule has 1 atom stereocenters. The largest absolute Gasteiger partial charge is 0.376 e. The molecule has 9 heteroatoms. The Kier molecular flexibility index (Phi) is 5.97. The zero-order valence-electron chi connectivity index (χ0n) is 17.3. The van der Waals surface area contributed by atoms with Gasteiger partial charge < -0.3 is 15.0 Å². The first-order valence-electron chi connectivity index (χ1n) is 10.3. The summed E-state index contributed by atoms with van der Waals surface area (Å²) < 4.78 is 34.1. The molecule has 0 saturated carbocycles. The van der Waals surface area contributed by atoms with Crippen LogP contribution in [0.15, 0.2) is 47.4 Å². The molecule has 2 aromatic carbocycles. The number of hydrogen-bond donors (Lipinski definition) is 2. The van der Waals surface area contributed by atoms with Gasteiger partial charge in [-0.25, -0.2) is 8.42 Å². The Labute approximate surface area is 181 Å². The van der Waals surface area contributed by atoms with Crippen LogP contribution in [0.25, 0.3) is 0 Å². The van der Waals surface area contributed by atoms with Gasteiger partial charge in [0.1, 0.15) is 0 Å². The highest BCUT2D eigenvalue weighted by molar-refractivity contribution is 7.92. The molecule has 0 radical (unpaired) electrons. The Morgan fingerprint density at radius 2 is 2.00 bits per heavy atom. The van der Waals surface area contributed by atoms with E-state index in [9.17, 15) is 18.0 Å². The number of sulfonamides is 1. The molecule has 8 nitrogen and oxygen atoms in total. The maximum atomic E-state index is 13.0. The summed E-state index contributed by atoms with van der Waals surface area (Å²) in [6, 6.07) is 11.2. The number of hydrogen-bond acceptors (Lipinski definition) is 5. The summed E-state index contributed by atoms with van der Waals surface area (Å²) in [5.41, 5.74) is 1.99. The minimum absolute atomic E-state index is 0.00575. The third-order valence-corrected chi connectivity index (χ3v) is 6.93. The van der Waals surface area contributed by atoms with Crippen molar-refractivity contribution in [3.63, 3.8) is 0 Å². The molecule has 1 fully saturated rings. The lowest BCUT2D eigenvalue weighted by atomic mass is 10.1. The zero-order chi connectivity index (χ0) is 22.0. The summed E-state index contributed by atoms with van der Waals surface area (Å²) in [5, 5.41) is 2.82. The van der Waals surface area contributed by atoms with Crippen molar-refractivity contribution in [2.75, 3.05) is 29.3 Å². The van der Waals surface area contributed by atoms with Gasteiger partial charge in [0.25, 0.3) is 15.9 Å². The second kappa shape index (κ2) is 8.68. The first-order valence-corrected chi connectivity index (χ1v) is 11.8. The SMILES string of the molecule is CC(=O)N1CCc2cc(S(=O)(=O)Nc3ccccc3C(=O)NCC3CCCO3)ccc21. The van der Waals surface area contributed by atoms with Gasteiger partial charge in [-0.2, -0.15) is 0 Å². The van der Waals surface area contributed by atoms with Crippen molar-refractivity contribution in [2.45, 2.75) is 37.2 Å². The monoisotopic (exact) mass is 443 g/mol. The number of para-hydroxylation sites is 1. The average molecular weight is 444 g/mol. The summed E-state index contributed by atoms with van der Waals surface area (Å²) in [4.78, 5) is 26.1. The van der Waals surface area contributed by atoms with Crippen molar-refractivity contribution in [3.8, 4) is 0 Å². The van der Waals surface area contributed by atoms with Gasteiger partial charge in [0.2, 0.25) is 5.91 Å². The first kappa shape index (κ1) is 21.3. The highest BCUT2D eigenvalue weighted by atomic mass is 32.2. The molecular weight excluding hydrogens is 418 g/mol. The number of rotatable bonds is 6. The van der Waals surface area contributed by atoms with E-state index in [-0.39, 0.29) is 34.1 Å². The molecule has 2 aliphatic rings. The Morgan fingerprint density at radius 1 is 1.19 bits per heavy atom. The standard InChI is InChI=1S/C22H25N3O5S/c1-15(26)25-11-10-16-13-18(8-9-21(16)25)31(28,29)24-20-7-3-2-6-19(20)22(27)23-14-17-5-4-12-30-17/h2-3,6-9,13,17,24H,4-5,10-12,14H2,1H3,(H,23,27). The zero-order valence-corrected chi connectivity index (χ0v) is 18.1. The van der Waals surface area contributed by atoms with E-state index in [4.69, 9.17) is 4.74 Å². The van der Waals surface area contributed by atoms with Crippen molar-refractivity contribution in [2.24, 2.45) is 0 Å². The van der Waals surface area contributed by atoms with Gasteiger partial charge in [0.15, 0.2) is 0 Å². The molecule has 2 heterocycles. The molecule has 1 saturated heterocycles. The van der Waals surface area contributed by atoms with E-state index in [0.29, 0.717) is 26.1 Å². The third kappa shape index (κ3) is 4.57. The Bertz CT molecular complexity index is 1110. The lowest BCUT2D eigenvalue weighted by Crippen LogP contribution is -2.32. The van der Waals surface area contributed by atoms with Gasteiger partial charge in [-0.05, 0) is 55.2 Å². The van der Waals surface area contributed by atoms with Gasteiger partial charge in [-0.3, -0.25) is 14.3 Å². The quantitative estimate of drug-likeness (QED) is 0.713. The molecule has 2 amide bonds. The molecule has 0 aliphatic carbocycles. The van der Waals surface area contributed by atoms with Crippen LogP contribution < -0.4 is 14.9 Å². The molecule has 2 aromatic rings. The van der Waals surface area contributed by atoms with Crippen LogP contribution >= 0.6 is 0 Å². The molecule has 0 aromatic heterocycles. The van der Waals surface area contributed by atoms with Gasteiger partial charge in [-0.1, -0.05) is 12.1 Å². The lowest BCUT2D eigenvalue weighted by Gasteiger charge is -2.16. The lowest BCUT2D eigenvalue weighted by molar-refractivity contribution is -0.116. The summed E-state index contributed by atoms with van der Waals surface area (Å²) in [7, 11) is -3.92. The molecule has 2 N–H and O–H groups in total. The summed E-state index contributed by atoms with van der Waals surface area (Å²) >= 11 is 0. The van der Waals surface area contributed by atoms with Crippen LogP contribution in [0.2, 0.25) is 0 Å². The van der Waals surface area contributed by atoms with Crippen LogP contribution in [-0.4, -0.2) is 46.0 Å². The molecule has 4 rings (SSSR count). The van der Waals surface area contributed by atoms with Crippen molar-refractivity contribution >= 4 is 33.2 Å². The fourth-order valence-corrected chi connectivity index (χ4v) is 5.08. The van der Waals surface area contributed by atoms with Crippen LogP contribution in [0.5, 0.6) is 0 Å². The van der Waals surface area contributed by atoms with Gasteiger partial charge in [0, 0.05) is 32.3 Å². The number of nitrogens with one attached hydrogen (secondary N) is 2. The van der Waals surface area contributed by atoms with Crippen LogP contribution in [-0.2, 0) is 26.0 Å². The molecule has 1 unspecified atom stereocenters.